The lowest BCUT2D eigenvalue weighted by Gasteiger charge is -2.09. The van der Waals surface area contributed by atoms with Gasteiger partial charge in [0.1, 0.15) is 17.0 Å². The van der Waals surface area contributed by atoms with Gasteiger partial charge in [-0.05, 0) is 18.2 Å². The molecule has 2 heterocycles. The molecule has 0 saturated carbocycles. The Morgan fingerprint density at radius 3 is 2.68 bits per heavy atom. The van der Waals surface area contributed by atoms with Crippen LogP contribution in [0.5, 0.6) is 0 Å². The maximum Gasteiger partial charge on any atom is 0.264 e. The van der Waals surface area contributed by atoms with Crippen molar-refractivity contribution in [3.8, 4) is 5.82 Å². The summed E-state index contributed by atoms with van der Waals surface area (Å²) >= 11 is 5.92. The Morgan fingerprint density at radius 1 is 1.14 bits per heavy atom. The van der Waals surface area contributed by atoms with Crippen LogP contribution in [0.15, 0.2) is 60.0 Å². The molecule has 0 aliphatic heterocycles. The zero-order valence-corrected chi connectivity index (χ0v) is 12.7. The SMILES string of the molecule is O=S(=O)(Nc1cc(-n2cccn2)ncn1)c1ccccc1Cl. The van der Waals surface area contributed by atoms with Gasteiger partial charge in [0.15, 0.2) is 5.82 Å². The molecule has 0 amide bonds. The van der Waals surface area contributed by atoms with Crippen molar-refractivity contribution >= 4 is 27.4 Å². The highest BCUT2D eigenvalue weighted by atomic mass is 35.5. The zero-order valence-electron chi connectivity index (χ0n) is 11.1. The first-order chi connectivity index (χ1) is 10.6. The Bertz CT molecular complexity index is 896. The monoisotopic (exact) mass is 335 g/mol. The smallest absolute Gasteiger partial charge is 0.263 e. The van der Waals surface area contributed by atoms with Crippen molar-refractivity contribution in [1.29, 1.82) is 0 Å². The van der Waals surface area contributed by atoms with E-state index in [-0.39, 0.29) is 15.7 Å². The van der Waals surface area contributed by atoms with E-state index in [4.69, 9.17) is 11.6 Å². The summed E-state index contributed by atoms with van der Waals surface area (Å²) in [7, 11) is -3.83. The first-order valence-electron chi connectivity index (χ1n) is 6.16. The molecule has 0 spiro atoms. The number of aromatic nitrogens is 4. The lowest BCUT2D eigenvalue weighted by Crippen LogP contribution is -2.15. The first-order valence-corrected chi connectivity index (χ1v) is 8.02. The molecule has 3 rings (SSSR count). The van der Waals surface area contributed by atoms with E-state index in [9.17, 15) is 8.42 Å². The lowest BCUT2D eigenvalue weighted by molar-refractivity contribution is 0.601. The van der Waals surface area contributed by atoms with Gasteiger partial charge in [-0.1, -0.05) is 23.7 Å². The molecule has 0 bridgehead atoms. The highest BCUT2D eigenvalue weighted by molar-refractivity contribution is 7.92. The maximum atomic E-state index is 12.3. The van der Waals surface area contributed by atoms with E-state index in [1.54, 1.807) is 30.6 Å². The number of anilines is 1. The highest BCUT2D eigenvalue weighted by Gasteiger charge is 2.18. The van der Waals surface area contributed by atoms with Crippen molar-refractivity contribution < 1.29 is 8.42 Å². The van der Waals surface area contributed by atoms with E-state index in [0.29, 0.717) is 5.82 Å². The van der Waals surface area contributed by atoms with Gasteiger partial charge >= 0.3 is 0 Å². The summed E-state index contributed by atoms with van der Waals surface area (Å²) in [6.07, 6.45) is 4.53. The van der Waals surface area contributed by atoms with Gasteiger partial charge in [-0.2, -0.15) is 5.10 Å². The van der Waals surface area contributed by atoms with Crippen LogP contribution in [0, 0.1) is 0 Å². The van der Waals surface area contributed by atoms with Gasteiger partial charge in [0, 0.05) is 18.5 Å². The van der Waals surface area contributed by atoms with E-state index in [0.717, 1.165) is 0 Å². The van der Waals surface area contributed by atoms with Crippen molar-refractivity contribution in [2.45, 2.75) is 4.90 Å². The maximum absolute atomic E-state index is 12.3. The van der Waals surface area contributed by atoms with Gasteiger partial charge in [0.25, 0.3) is 10.0 Å². The summed E-state index contributed by atoms with van der Waals surface area (Å²) in [5, 5.41) is 4.16. The number of halogens is 1. The molecule has 0 atom stereocenters. The Morgan fingerprint density at radius 2 is 1.95 bits per heavy atom. The van der Waals surface area contributed by atoms with Crippen LogP contribution in [0.25, 0.3) is 5.82 Å². The van der Waals surface area contributed by atoms with E-state index >= 15 is 0 Å². The molecule has 22 heavy (non-hydrogen) atoms. The van der Waals surface area contributed by atoms with E-state index in [2.05, 4.69) is 19.8 Å². The Labute approximate surface area is 131 Å². The molecule has 0 saturated heterocycles. The minimum Gasteiger partial charge on any atom is -0.263 e. The van der Waals surface area contributed by atoms with Crippen LogP contribution < -0.4 is 4.72 Å². The quantitative estimate of drug-likeness (QED) is 0.788. The number of benzene rings is 1. The Balaban J connectivity index is 1.93. The number of rotatable bonds is 4. The van der Waals surface area contributed by atoms with Crippen molar-refractivity contribution in [2.75, 3.05) is 4.72 Å². The van der Waals surface area contributed by atoms with E-state index in [1.807, 2.05) is 0 Å². The molecule has 1 aromatic carbocycles. The molecular weight excluding hydrogens is 326 g/mol. The topological polar surface area (TPSA) is 89.8 Å². The third kappa shape index (κ3) is 2.92. The van der Waals surface area contributed by atoms with Crippen LogP contribution in [-0.2, 0) is 10.0 Å². The highest BCUT2D eigenvalue weighted by Crippen LogP contribution is 2.22. The molecule has 3 aromatic rings. The Hall–Kier alpha value is -2.45. The van der Waals surface area contributed by atoms with Gasteiger partial charge in [0.05, 0.1) is 5.02 Å². The van der Waals surface area contributed by atoms with Crippen LogP contribution >= 0.6 is 11.6 Å². The van der Waals surface area contributed by atoms with E-state index < -0.39 is 10.0 Å². The van der Waals surface area contributed by atoms with E-state index in [1.165, 1.54) is 29.2 Å². The van der Waals surface area contributed by atoms with Gasteiger partial charge in [-0.3, -0.25) is 4.72 Å². The summed E-state index contributed by atoms with van der Waals surface area (Å²) in [4.78, 5) is 7.92. The molecule has 0 radical (unpaired) electrons. The first kappa shape index (κ1) is 14.5. The van der Waals surface area contributed by atoms with Gasteiger partial charge in [0.2, 0.25) is 0 Å². The molecule has 2 aromatic heterocycles. The number of nitrogens with one attached hydrogen (secondary N) is 1. The van der Waals surface area contributed by atoms with Crippen molar-refractivity contribution in [3.63, 3.8) is 0 Å². The summed E-state index contributed by atoms with van der Waals surface area (Å²) in [6, 6.07) is 9.38. The van der Waals surface area contributed by atoms with Crippen LogP contribution in [0.1, 0.15) is 0 Å². The van der Waals surface area contributed by atoms with Crippen LogP contribution in [-0.4, -0.2) is 28.2 Å². The molecule has 112 valence electrons. The molecule has 0 unspecified atom stereocenters. The summed E-state index contributed by atoms with van der Waals surface area (Å²) in [6.45, 7) is 0. The normalized spacial score (nSPS) is 11.3. The number of hydrogen-bond acceptors (Lipinski definition) is 5. The van der Waals surface area contributed by atoms with Crippen LogP contribution in [0.4, 0.5) is 5.82 Å². The lowest BCUT2D eigenvalue weighted by atomic mass is 10.4. The standard InChI is InChI=1S/C13H10ClN5O2S/c14-10-4-1-2-5-11(10)22(20,21)18-12-8-13(16-9-15-12)19-7-3-6-17-19/h1-9H,(H,15,16,18). The molecular formula is C13H10ClN5O2S. The fourth-order valence-electron chi connectivity index (χ4n) is 1.79. The van der Waals surface area contributed by atoms with Gasteiger partial charge in [-0.25, -0.2) is 23.1 Å². The largest absolute Gasteiger partial charge is 0.264 e. The average Bonchev–Trinajstić information content (AvgIpc) is 3.01. The van der Waals surface area contributed by atoms with Crippen LogP contribution in [0.3, 0.4) is 0 Å². The number of nitrogens with zero attached hydrogens (tertiary/aromatic N) is 4. The zero-order chi connectivity index (χ0) is 15.6. The van der Waals surface area contributed by atoms with Crippen LogP contribution in [0.2, 0.25) is 5.02 Å². The molecule has 0 fully saturated rings. The molecule has 0 aliphatic rings. The van der Waals surface area contributed by atoms with Gasteiger partial charge < -0.3 is 0 Å². The van der Waals surface area contributed by atoms with Crippen molar-refractivity contribution in [2.24, 2.45) is 0 Å². The number of hydrogen-bond donors (Lipinski definition) is 1. The predicted octanol–water partition coefficient (Wildman–Crippen LogP) is 2.12. The minimum absolute atomic E-state index is 0.0177. The second kappa shape index (κ2) is 5.74. The summed E-state index contributed by atoms with van der Waals surface area (Å²) in [5.74, 6) is 0.567. The third-order valence-corrected chi connectivity index (χ3v) is 4.61. The fraction of sp³-hybridized carbons (Fsp3) is 0. The predicted molar refractivity (Wildman–Crippen MR) is 81.4 cm³/mol. The van der Waals surface area contributed by atoms with Gasteiger partial charge in [-0.15, -0.1) is 0 Å². The number of sulfonamides is 1. The second-order valence-electron chi connectivity index (χ2n) is 4.25. The third-order valence-electron chi connectivity index (χ3n) is 2.76. The molecule has 7 nitrogen and oxygen atoms in total. The minimum atomic E-state index is -3.83. The second-order valence-corrected chi connectivity index (χ2v) is 6.31. The van der Waals surface area contributed by atoms with Crippen molar-refractivity contribution in [3.05, 3.63) is 60.1 Å². The average molecular weight is 336 g/mol. The Kier molecular flexibility index (Phi) is 3.78. The fourth-order valence-corrected chi connectivity index (χ4v) is 3.31. The summed E-state index contributed by atoms with van der Waals surface area (Å²) in [5.41, 5.74) is 0. The molecule has 9 heteroatoms. The van der Waals surface area contributed by atoms with Crippen molar-refractivity contribution in [1.82, 2.24) is 19.7 Å². The molecule has 1 N–H and O–H groups in total. The summed E-state index contributed by atoms with van der Waals surface area (Å²) < 4.78 is 28.6. The molecule has 0 aliphatic carbocycles.